The molecule has 0 fully saturated rings. The molecule has 1 heterocycles. The van der Waals surface area contributed by atoms with Crippen molar-refractivity contribution in [3.63, 3.8) is 0 Å². The van der Waals surface area contributed by atoms with E-state index >= 15 is 4.79 Å². The van der Waals surface area contributed by atoms with E-state index in [1.807, 2.05) is 0 Å². The van der Waals surface area contributed by atoms with Crippen LogP contribution in [0.5, 0.6) is 5.75 Å². The molecule has 47 heteroatoms. The van der Waals surface area contributed by atoms with Crippen LogP contribution in [0.15, 0.2) is 79.0 Å². The fourth-order valence-corrected chi connectivity index (χ4v) is 13.0. The highest BCUT2D eigenvalue weighted by Crippen LogP contribution is 2.21. The van der Waals surface area contributed by atoms with Gasteiger partial charge in [-0.2, -0.15) is 25.3 Å². The Morgan fingerprint density at radius 3 is 1.53 bits per heavy atom. The lowest BCUT2D eigenvalue weighted by atomic mass is 9.99. The van der Waals surface area contributed by atoms with Crippen molar-refractivity contribution in [1.29, 1.82) is 5.41 Å². The van der Waals surface area contributed by atoms with E-state index in [2.05, 4.69) is 110 Å². The van der Waals surface area contributed by atoms with E-state index in [0.29, 0.717) is 47.0 Å². The molecule has 1 aromatic heterocycles. The first-order valence-corrected chi connectivity index (χ1v) is 41.5. The number of ether oxygens (including phenoxy) is 1. The van der Waals surface area contributed by atoms with Gasteiger partial charge in [-0.25, -0.2) is 4.39 Å². The number of aliphatic hydroxyl groups is 1. The number of amides is 18. The summed E-state index contributed by atoms with van der Waals surface area (Å²) in [6.07, 6.45) is -3.58. The lowest BCUT2D eigenvalue weighted by molar-refractivity contribution is -0.137. The number of thiol groups is 2. The number of benzene rings is 3. The average Bonchev–Trinajstić information content (AvgIpc) is 1.66. The molecule has 0 unspecified atom stereocenters. The van der Waals surface area contributed by atoms with Crippen LogP contribution in [0.4, 0.5) is 4.39 Å². The van der Waals surface area contributed by atoms with Crippen molar-refractivity contribution in [2.24, 2.45) is 40.3 Å². The van der Waals surface area contributed by atoms with Gasteiger partial charge < -0.3 is 134 Å². The van der Waals surface area contributed by atoms with Crippen molar-refractivity contribution >= 4 is 148 Å². The third kappa shape index (κ3) is 39.0. The summed E-state index contributed by atoms with van der Waals surface area (Å²) in [6.45, 7) is 4.04. The molecule has 13 atom stereocenters. The molecule has 692 valence electrons. The van der Waals surface area contributed by atoms with E-state index in [0.717, 1.165) is 26.0 Å². The van der Waals surface area contributed by atoms with Crippen LogP contribution < -0.4 is 114 Å². The maximum atomic E-state index is 15.0. The number of hydrogen-bond acceptors (Lipinski definition) is 25. The second-order valence-corrected chi connectivity index (χ2v) is 30.6. The van der Waals surface area contributed by atoms with E-state index in [-0.39, 0.29) is 69.7 Å². The lowest BCUT2D eigenvalue weighted by Gasteiger charge is -2.29. The summed E-state index contributed by atoms with van der Waals surface area (Å²) in [7, 11) is 0. The molecule has 0 spiro atoms. The molecule has 126 heavy (non-hydrogen) atoms. The summed E-state index contributed by atoms with van der Waals surface area (Å²) in [5.74, 6) is -20.3. The van der Waals surface area contributed by atoms with E-state index < -0.39 is 260 Å². The number of halogens is 1. The maximum absolute atomic E-state index is 15.0. The summed E-state index contributed by atoms with van der Waals surface area (Å²) in [4.78, 5) is 246. The highest BCUT2D eigenvalue weighted by atomic mass is 32.1. The highest BCUT2D eigenvalue weighted by molar-refractivity contribution is 7.80. The number of rotatable bonds is 58. The fraction of sp³-hybridized carbons (Fsp3) is 0.506. The molecule has 0 aliphatic heterocycles. The van der Waals surface area contributed by atoms with E-state index in [1.165, 1.54) is 56.4 Å². The minimum absolute atomic E-state index is 0.0245. The molecule has 18 amide bonds. The summed E-state index contributed by atoms with van der Waals surface area (Å²) in [5, 5.41) is 66.7. The van der Waals surface area contributed by atoms with Gasteiger partial charge in [0, 0.05) is 86.8 Å². The number of unbranched alkanes of at least 4 members (excludes halogenated alkanes) is 1. The lowest BCUT2D eigenvalue weighted by Crippen LogP contribution is -2.62. The smallest absolute Gasteiger partial charge is 0.246 e. The second kappa shape index (κ2) is 54.8. The molecule has 0 radical (unpaired) electrons. The van der Waals surface area contributed by atoms with Crippen LogP contribution in [0.25, 0.3) is 10.9 Å². The molecule has 0 aliphatic carbocycles. The van der Waals surface area contributed by atoms with Crippen LogP contribution in [0, 0.1) is 17.1 Å². The van der Waals surface area contributed by atoms with Crippen molar-refractivity contribution in [1.82, 2.24) is 84.7 Å². The molecule has 0 saturated heterocycles. The molecule has 4 rings (SSSR count). The topological polar surface area (TPSA) is 733 Å². The molecular weight excluding hydrogens is 1690 g/mol. The fourth-order valence-electron chi connectivity index (χ4n) is 12.5. The number of fused-ring (bicyclic) bond motifs is 1. The van der Waals surface area contributed by atoms with Gasteiger partial charge >= 0.3 is 0 Å². The van der Waals surface area contributed by atoms with Crippen molar-refractivity contribution in [2.75, 3.05) is 50.9 Å². The van der Waals surface area contributed by atoms with Gasteiger partial charge in [0.1, 0.15) is 84.6 Å². The Morgan fingerprint density at radius 2 is 0.968 bits per heavy atom. The van der Waals surface area contributed by atoms with E-state index in [9.17, 15) is 96.1 Å². The number of aliphatic hydroxyl groups excluding tert-OH is 1. The number of aromatic nitrogens is 1. The van der Waals surface area contributed by atoms with Crippen LogP contribution >= 0.6 is 25.3 Å². The maximum Gasteiger partial charge on any atom is 0.246 e. The second-order valence-electron chi connectivity index (χ2n) is 29.8. The van der Waals surface area contributed by atoms with Crippen LogP contribution in [0.2, 0.25) is 0 Å². The van der Waals surface area contributed by atoms with Crippen molar-refractivity contribution < 1.29 is 106 Å². The Bertz CT molecular complexity index is 4430. The van der Waals surface area contributed by atoms with Crippen LogP contribution in [0.3, 0.4) is 0 Å². The molecule has 44 nitrogen and oxygen atoms in total. The molecular formula is C79H116FN23O21S2. The van der Waals surface area contributed by atoms with Gasteiger partial charge in [-0.3, -0.25) is 91.7 Å². The normalized spacial score (nSPS) is 14.1. The largest absolute Gasteiger partial charge is 0.508 e. The van der Waals surface area contributed by atoms with Gasteiger partial charge in [0.15, 0.2) is 5.96 Å². The third-order valence-electron chi connectivity index (χ3n) is 19.1. The number of phenols is 1. The SMILES string of the molecule is CC(=O)N[C@@H](CS)C(=O)N[C@@H](CCC(N)=O)C(=O)N[C@H](C(=O)N[C@@H](Cc1c[nH]c2ccccc12)C(=O)N[C@@H](CCC(N)=O)C(=O)N[C@@H](CS)C(=O)N[C@@H](Cc1ccc(O)cc1)C(=O)N[C@H](CC(=O)N[C@@H](CCCNC(=N)N)C(=O)N[C@H](C(=O)N[C@@H](CC(N)=O)C(=O)NCC(=O)NCCOCC(=O)N[C@H](CCCCN)C(N)=O)C(C)C)Cc1ccc(F)cc1)[C@@H](C)O. The van der Waals surface area contributed by atoms with Crippen LogP contribution in [-0.4, -0.2) is 257 Å². The van der Waals surface area contributed by atoms with Gasteiger partial charge in [-0.15, -0.1) is 0 Å². The van der Waals surface area contributed by atoms with Crippen molar-refractivity contribution in [2.45, 2.75) is 196 Å². The Morgan fingerprint density at radius 1 is 0.476 bits per heavy atom. The number of para-hydroxylation sites is 1. The van der Waals surface area contributed by atoms with Gasteiger partial charge in [0.05, 0.1) is 25.7 Å². The van der Waals surface area contributed by atoms with Crippen molar-refractivity contribution in [3.8, 4) is 5.75 Å². The number of primary amides is 4. The first-order chi connectivity index (χ1) is 59.6. The Labute approximate surface area is 735 Å². The predicted molar refractivity (Wildman–Crippen MR) is 460 cm³/mol. The minimum atomic E-state index is -1.93. The number of guanidine groups is 1. The summed E-state index contributed by atoms with van der Waals surface area (Å²) in [5.41, 5.74) is 34.4. The Hall–Kier alpha value is -12.8. The zero-order valence-electron chi connectivity index (χ0n) is 70.0. The molecule has 3 aromatic carbocycles. The third-order valence-corrected chi connectivity index (χ3v) is 19.8. The van der Waals surface area contributed by atoms with Gasteiger partial charge in [-0.05, 0) is 118 Å². The first-order valence-electron chi connectivity index (χ1n) is 40.2. The number of aromatic amines is 1. The quantitative estimate of drug-likeness (QED) is 0.00845. The number of phenolic OH excluding ortho intramolecular Hbond substituents is 1. The van der Waals surface area contributed by atoms with Crippen LogP contribution in [-0.2, 0) is 110 Å². The van der Waals surface area contributed by atoms with Crippen LogP contribution in [0.1, 0.15) is 115 Å². The standard InChI is InChI=1S/C79H116FN23O21S2/c1-40(2)66(77(122)100-57(34-62(84)109)69(114)91-36-64(111)88-28-29-124-37-65(112)94-51(68(85)113)12-7-8-26-81)102-71(116)52(13-9-27-89-79(86)87)95-63(110)33-47(30-43-14-18-46(80)19-15-43)93-73(118)55(31-44-16-20-48(106)21-17-44)98-76(121)59(39-126)101-70(115)53(22-24-60(82)107)96-74(119)56(32-45-35-90-50-11-6-5-10-49(45)50)99-78(123)67(41(3)104)103-72(117)54(23-25-61(83)108)97-75(120)58(38-125)92-42(4)105/h5-6,10-11,14-21,35,40-41,47,51-59,66-67,90,104,106,125-126H,7-9,12-13,22-34,36-39,81H2,1-4H3,(H2,82,107)(H2,83,108)(H2,84,109)(H2,85,113)(H,88,111)(H,91,114)(H,92,105)(H,93,118)(H,94,112)(H,95,110)(H,96,119)(H,97,120)(H,98,121)(H,99,123)(H,100,122)(H,101,115)(H,102,116)(H,103,117)(H4,86,87,89)/t41-,47+,51-,52+,53+,54+,55+,56+,57+,58+,59+,66+,67+/m1/s1. The molecule has 31 N–H and O–H groups in total. The number of hydrogen-bond donors (Lipinski definition) is 27. The number of carbonyl (C=O) groups is 18. The molecule has 0 saturated carbocycles. The Balaban J connectivity index is 1.62. The molecule has 0 bridgehead atoms. The minimum Gasteiger partial charge on any atom is -0.508 e. The zero-order valence-corrected chi connectivity index (χ0v) is 71.8. The number of nitrogens with one attached hydrogen (secondary N) is 17. The molecule has 4 aromatic rings. The summed E-state index contributed by atoms with van der Waals surface area (Å²) >= 11 is 8.43. The van der Waals surface area contributed by atoms with Gasteiger partial charge in [0.2, 0.25) is 106 Å². The van der Waals surface area contributed by atoms with Gasteiger partial charge in [0.25, 0.3) is 0 Å². The summed E-state index contributed by atoms with van der Waals surface area (Å²) in [6, 6.07) is -1.75. The van der Waals surface area contributed by atoms with Gasteiger partial charge in [-0.1, -0.05) is 56.3 Å². The first kappa shape index (κ1) is 106. The monoisotopic (exact) mass is 1810 g/mol. The van der Waals surface area contributed by atoms with Crippen molar-refractivity contribution in [3.05, 3.63) is 102 Å². The number of nitrogens with two attached hydrogens (primary N) is 6. The predicted octanol–water partition coefficient (Wildman–Crippen LogP) is -7.30. The van der Waals surface area contributed by atoms with E-state index in [4.69, 9.17) is 44.5 Å². The zero-order chi connectivity index (χ0) is 93.9. The molecule has 0 aliphatic rings. The summed E-state index contributed by atoms with van der Waals surface area (Å²) < 4.78 is 19.7. The Kier molecular flexibility index (Phi) is 45.9. The average molecular weight is 1810 g/mol. The number of H-pyrrole nitrogens is 1. The number of carbonyl (C=O) groups excluding carboxylic acids is 18. The highest BCUT2D eigenvalue weighted by Gasteiger charge is 2.39. The van der Waals surface area contributed by atoms with E-state index in [1.54, 1.807) is 24.3 Å². The number of aromatic hydroxyl groups is 1.